The first-order chi connectivity index (χ1) is 19.1. The molecule has 41 heavy (non-hydrogen) atoms. The summed E-state index contributed by atoms with van der Waals surface area (Å²) in [7, 11) is 3.38. The Kier molecular flexibility index (Phi) is 6.14. The van der Waals surface area contributed by atoms with Crippen LogP contribution in [0.15, 0.2) is 12.1 Å². The van der Waals surface area contributed by atoms with Crippen molar-refractivity contribution < 1.29 is 49.3 Å². The minimum absolute atomic E-state index is 0.0823. The third kappa shape index (κ3) is 3.87. The van der Waals surface area contributed by atoms with E-state index in [2.05, 4.69) is 0 Å². The van der Waals surface area contributed by atoms with Crippen molar-refractivity contribution in [1.29, 1.82) is 0 Å². The lowest BCUT2D eigenvalue weighted by molar-refractivity contribution is -0.311. The van der Waals surface area contributed by atoms with Crippen LogP contribution in [0, 0.1) is 0 Å². The number of ketones is 2. The number of hydrogen-bond donors (Lipinski definition) is 5. The molecule has 0 radical (unpaired) electrons. The Morgan fingerprint density at radius 1 is 1.05 bits per heavy atom. The summed E-state index contributed by atoms with van der Waals surface area (Å²) in [5, 5.41) is 55.9. The molecule has 1 fully saturated rings. The van der Waals surface area contributed by atoms with Crippen LogP contribution >= 0.6 is 0 Å². The van der Waals surface area contributed by atoms with E-state index in [1.165, 1.54) is 12.1 Å². The summed E-state index contributed by atoms with van der Waals surface area (Å²) < 4.78 is 18.0. The van der Waals surface area contributed by atoms with E-state index in [0.717, 1.165) is 0 Å². The van der Waals surface area contributed by atoms with Gasteiger partial charge in [-0.05, 0) is 59.5 Å². The SMILES string of the molecule is CC(C)OC1CC(C)(O)Cc2cc3c(c(O)c21)C(=O)c1c(O)cc2c(c1C3=O)OC1OC2(C)C(O)C(N(C)C)C1O. The third-order valence-electron chi connectivity index (χ3n) is 8.81. The van der Waals surface area contributed by atoms with Crippen LogP contribution in [0.4, 0.5) is 0 Å². The number of aliphatic hydroxyl groups excluding tert-OH is 2. The van der Waals surface area contributed by atoms with Gasteiger partial charge in [-0.1, -0.05) is 0 Å². The number of nitrogens with zero attached hydrogens (tertiary/aromatic N) is 1. The molecule has 2 aliphatic heterocycles. The van der Waals surface area contributed by atoms with Gasteiger partial charge in [-0.15, -0.1) is 0 Å². The highest BCUT2D eigenvalue weighted by Crippen LogP contribution is 2.54. The van der Waals surface area contributed by atoms with Crippen molar-refractivity contribution in [2.45, 2.75) is 88.5 Å². The van der Waals surface area contributed by atoms with Crippen LogP contribution in [0.5, 0.6) is 17.2 Å². The van der Waals surface area contributed by atoms with Gasteiger partial charge in [-0.2, -0.15) is 0 Å². The van der Waals surface area contributed by atoms with Gasteiger partial charge < -0.3 is 44.6 Å². The van der Waals surface area contributed by atoms with Crippen LogP contribution in [-0.2, 0) is 21.5 Å². The summed E-state index contributed by atoms with van der Waals surface area (Å²) in [5.74, 6) is -2.52. The highest BCUT2D eigenvalue weighted by Gasteiger charge is 2.59. The summed E-state index contributed by atoms with van der Waals surface area (Å²) in [6, 6.07) is 1.92. The molecule has 2 bridgehead atoms. The number of hydrogen-bond acceptors (Lipinski definition) is 11. The summed E-state index contributed by atoms with van der Waals surface area (Å²) >= 11 is 0. The van der Waals surface area contributed by atoms with Crippen molar-refractivity contribution in [3.63, 3.8) is 0 Å². The Balaban J connectivity index is 1.56. The average Bonchev–Trinajstić information content (AvgIpc) is 2.84. The van der Waals surface area contributed by atoms with Crippen LogP contribution < -0.4 is 4.74 Å². The smallest absolute Gasteiger partial charge is 0.228 e. The second-order valence-corrected chi connectivity index (χ2v) is 12.6. The Hall–Kier alpha value is -3.06. The molecule has 11 heteroatoms. The summed E-state index contributed by atoms with van der Waals surface area (Å²) in [5.41, 5.74) is -2.70. The largest absolute Gasteiger partial charge is 0.507 e. The van der Waals surface area contributed by atoms with E-state index in [1.54, 1.807) is 32.8 Å². The van der Waals surface area contributed by atoms with Crippen LogP contribution in [-0.4, -0.2) is 92.3 Å². The molecule has 0 amide bonds. The lowest BCUT2D eigenvalue weighted by atomic mass is 9.72. The number of carbonyl (C=O) groups is 2. The predicted molar refractivity (Wildman–Crippen MR) is 143 cm³/mol. The quantitative estimate of drug-likeness (QED) is 0.311. The van der Waals surface area contributed by atoms with Crippen molar-refractivity contribution in [1.82, 2.24) is 4.90 Å². The lowest BCUT2D eigenvalue weighted by Crippen LogP contribution is -2.68. The molecule has 7 atom stereocenters. The van der Waals surface area contributed by atoms with Gasteiger partial charge in [0.05, 0.1) is 40.5 Å². The zero-order valence-electron chi connectivity index (χ0n) is 23.8. The van der Waals surface area contributed by atoms with Crippen molar-refractivity contribution in [2.75, 3.05) is 14.1 Å². The van der Waals surface area contributed by atoms with Crippen molar-refractivity contribution in [3.05, 3.63) is 51.1 Å². The van der Waals surface area contributed by atoms with Gasteiger partial charge >= 0.3 is 0 Å². The molecule has 6 rings (SSSR count). The number of carbonyl (C=O) groups excluding carboxylic acids is 2. The summed E-state index contributed by atoms with van der Waals surface area (Å²) in [6.45, 7) is 6.85. The van der Waals surface area contributed by atoms with Gasteiger partial charge in [0.1, 0.15) is 35.1 Å². The number of phenolic OH excluding ortho intramolecular Hbond substituents is 2. The third-order valence-corrected chi connectivity index (χ3v) is 8.81. The summed E-state index contributed by atoms with van der Waals surface area (Å²) in [6.07, 6.45) is -4.55. The Morgan fingerprint density at radius 2 is 1.73 bits per heavy atom. The Bertz CT molecular complexity index is 1500. The molecule has 2 heterocycles. The monoisotopic (exact) mass is 569 g/mol. The minimum atomic E-state index is -1.50. The Morgan fingerprint density at radius 3 is 2.37 bits per heavy atom. The number of rotatable bonds is 3. The molecule has 4 aliphatic rings. The van der Waals surface area contributed by atoms with E-state index in [4.69, 9.17) is 14.2 Å². The maximum absolute atomic E-state index is 14.2. The van der Waals surface area contributed by atoms with Crippen LogP contribution in [0.25, 0.3) is 0 Å². The van der Waals surface area contributed by atoms with E-state index in [-0.39, 0.29) is 52.5 Å². The molecule has 2 aromatic rings. The van der Waals surface area contributed by atoms with Crippen molar-refractivity contribution >= 4 is 11.6 Å². The molecule has 1 saturated heterocycles. The van der Waals surface area contributed by atoms with Crippen LogP contribution in [0.1, 0.15) is 88.8 Å². The van der Waals surface area contributed by atoms with E-state index in [1.807, 2.05) is 13.8 Å². The number of phenols is 2. The van der Waals surface area contributed by atoms with Gasteiger partial charge in [0.2, 0.25) is 12.1 Å². The zero-order chi connectivity index (χ0) is 29.9. The maximum Gasteiger partial charge on any atom is 0.228 e. The molecule has 2 aromatic carbocycles. The van der Waals surface area contributed by atoms with E-state index < -0.39 is 64.9 Å². The number of fused-ring (bicyclic) bond motifs is 8. The van der Waals surface area contributed by atoms with E-state index >= 15 is 0 Å². The van der Waals surface area contributed by atoms with E-state index in [0.29, 0.717) is 11.1 Å². The number of aliphatic hydroxyl groups is 3. The first kappa shape index (κ1) is 28.1. The topological polar surface area (TPSA) is 166 Å². The average molecular weight is 570 g/mol. The van der Waals surface area contributed by atoms with Gasteiger partial charge in [-0.3, -0.25) is 9.59 Å². The fourth-order valence-corrected chi connectivity index (χ4v) is 7.00. The molecule has 5 N–H and O–H groups in total. The molecular weight excluding hydrogens is 534 g/mol. The number of benzene rings is 2. The standard InChI is InChI=1S/C30H35NO10/c1-11(2)39-16-10-29(3,38)9-12-7-13-18(23(34)17(12)16)24(35)19-15(32)8-14-26(20(19)22(13)33)40-28-25(36)21(31(5)6)27(37)30(14,4)41-28/h7-8,11,16,21,25,27-28,32,34,36-38H,9-10H2,1-6H3. The predicted octanol–water partition coefficient (Wildman–Crippen LogP) is 1.65. The highest BCUT2D eigenvalue weighted by molar-refractivity contribution is 6.31. The molecule has 2 aliphatic carbocycles. The number of aromatic hydroxyl groups is 2. The molecule has 0 aromatic heterocycles. The highest BCUT2D eigenvalue weighted by atomic mass is 16.7. The first-order valence-corrected chi connectivity index (χ1v) is 13.7. The van der Waals surface area contributed by atoms with Crippen molar-refractivity contribution in [2.24, 2.45) is 0 Å². The molecular formula is C30H35NO10. The summed E-state index contributed by atoms with van der Waals surface area (Å²) in [4.78, 5) is 29.8. The van der Waals surface area contributed by atoms with Crippen LogP contribution in [0.3, 0.4) is 0 Å². The second-order valence-electron chi connectivity index (χ2n) is 12.6. The van der Waals surface area contributed by atoms with Gasteiger partial charge in [0, 0.05) is 29.5 Å². The maximum atomic E-state index is 14.2. The van der Waals surface area contributed by atoms with Crippen molar-refractivity contribution in [3.8, 4) is 17.2 Å². The normalized spacial score (nSPS) is 33.7. The molecule has 7 unspecified atom stereocenters. The zero-order valence-corrected chi connectivity index (χ0v) is 23.8. The molecule has 0 spiro atoms. The molecule has 220 valence electrons. The minimum Gasteiger partial charge on any atom is -0.507 e. The van der Waals surface area contributed by atoms with Crippen LogP contribution in [0.2, 0.25) is 0 Å². The molecule has 0 saturated carbocycles. The molecule has 11 nitrogen and oxygen atoms in total. The number of ether oxygens (including phenoxy) is 3. The Labute approximate surface area is 236 Å². The fourth-order valence-electron chi connectivity index (χ4n) is 7.00. The van der Waals surface area contributed by atoms with Gasteiger partial charge in [-0.25, -0.2) is 0 Å². The van der Waals surface area contributed by atoms with E-state index in [9.17, 15) is 35.1 Å². The fraction of sp³-hybridized carbons (Fsp3) is 0.533. The lowest BCUT2D eigenvalue weighted by Gasteiger charge is -2.53. The second kappa shape index (κ2) is 8.97. The van der Waals surface area contributed by atoms with Gasteiger partial charge in [0.15, 0.2) is 5.78 Å². The first-order valence-electron chi connectivity index (χ1n) is 13.7. The number of likely N-dealkylation sites (N-methyl/N-ethyl adjacent to an activating group) is 1. The van der Waals surface area contributed by atoms with Gasteiger partial charge in [0.25, 0.3) is 0 Å².